The van der Waals surface area contributed by atoms with Gasteiger partial charge in [-0.15, -0.1) is 0 Å². The van der Waals surface area contributed by atoms with Crippen LogP contribution in [0.4, 0.5) is 5.69 Å². The van der Waals surface area contributed by atoms with Crippen molar-refractivity contribution in [3.8, 4) is 11.5 Å². The van der Waals surface area contributed by atoms with Crippen molar-refractivity contribution in [3.05, 3.63) is 48.8 Å². The molecule has 2 aromatic carbocycles. The number of ether oxygens (including phenoxy) is 2. The summed E-state index contributed by atoms with van der Waals surface area (Å²) in [5.41, 5.74) is 2.40. The van der Waals surface area contributed by atoms with E-state index in [0.717, 1.165) is 11.0 Å². The van der Waals surface area contributed by atoms with Crippen molar-refractivity contribution in [3.63, 3.8) is 0 Å². The summed E-state index contributed by atoms with van der Waals surface area (Å²) in [7, 11) is 1.56. The number of aromatic nitrogens is 2. The van der Waals surface area contributed by atoms with Gasteiger partial charge < -0.3 is 19.8 Å². The van der Waals surface area contributed by atoms with E-state index < -0.39 is 0 Å². The molecule has 1 amide bonds. The third-order valence-electron chi connectivity index (χ3n) is 3.13. The number of H-pyrrole nitrogens is 1. The number of fused-ring (bicyclic) bond motifs is 1. The van der Waals surface area contributed by atoms with E-state index in [0.29, 0.717) is 17.2 Å². The van der Waals surface area contributed by atoms with Crippen LogP contribution in [0, 0.1) is 0 Å². The molecule has 22 heavy (non-hydrogen) atoms. The molecule has 0 saturated carbocycles. The first-order chi connectivity index (χ1) is 10.8. The first-order valence-corrected chi connectivity index (χ1v) is 6.75. The van der Waals surface area contributed by atoms with Crippen LogP contribution in [0.3, 0.4) is 0 Å². The summed E-state index contributed by atoms with van der Waals surface area (Å²) in [4.78, 5) is 19.1. The Bertz CT molecular complexity index is 798. The maximum absolute atomic E-state index is 12.0. The minimum Gasteiger partial charge on any atom is -0.493 e. The van der Waals surface area contributed by atoms with Gasteiger partial charge in [-0.05, 0) is 30.3 Å². The monoisotopic (exact) mass is 297 g/mol. The zero-order chi connectivity index (χ0) is 15.4. The van der Waals surface area contributed by atoms with Gasteiger partial charge in [0.15, 0.2) is 18.1 Å². The topological polar surface area (TPSA) is 76.2 Å². The Morgan fingerprint density at radius 1 is 1.23 bits per heavy atom. The standard InChI is InChI=1S/C16H15N3O3/c1-21-14-4-2-3-5-15(14)22-9-16(20)19-11-6-7-12-13(8-11)18-10-17-12/h2-8,10H,9H2,1H3,(H,17,18)(H,19,20). The van der Waals surface area contributed by atoms with Gasteiger partial charge in [0.25, 0.3) is 5.91 Å². The molecule has 6 nitrogen and oxygen atoms in total. The van der Waals surface area contributed by atoms with E-state index in [2.05, 4.69) is 15.3 Å². The van der Waals surface area contributed by atoms with Crippen molar-refractivity contribution >= 4 is 22.6 Å². The molecule has 3 rings (SSSR count). The van der Waals surface area contributed by atoms with Gasteiger partial charge in [0, 0.05) is 5.69 Å². The molecule has 0 aliphatic carbocycles. The number of rotatable bonds is 5. The van der Waals surface area contributed by atoms with Crippen LogP contribution in [0.25, 0.3) is 11.0 Å². The molecule has 1 aromatic heterocycles. The van der Waals surface area contributed by atoms with Crippen LogP contribution in [-0.2, 0) is 4.79 Å². The van der Waals surface area contributed by atoms with E-state index >= 15 is 0 Å². The van der Waals surface area contributed by atoms with Crippen molar-refractivity contribution in [1.82, 2.24) is 9.97 Å². The number of hydrogen-bond donors (Lipinski definition) is 2. The molecular formula is C16H15N3O3. The summed E-state index contributed by atoms with van der Waals surface area (Å²) in [6.07, 6.45) is 1.61. The van der Waals surface area contributed by atoms with E-state index in [-0.39, 0.29) is 12.5 Å². The third kappa shape index (κ3) is 3.01. The lowest BCUT2D eigenvalue weighted by Crippen LogP contribution is -2.20. The minimum atomic E-state index is -0.246. The minimum absolute atomic E-state index is 0.0958. The lowest BCUT2D eigenvalue weighted by Gasteiger charge is -2.10. The largest absolute Gasteiger partial charge is 0.493 e. The van der Waals surface area contributed by atoms with Gasteiger partial charge in [0.1, 0.15) is 0 Å². The molecule has 0 atom stereocenters. The van der Waals surface area contributed by atoms with Gasteiger partial charge in [-0.3, -0.25) is 4.79 Å². The fourth-order valence-electron chi connectivity index (χ4n) is 2.09. The quantitative estimate of drug-likeness (QED) is 0.759. The molecular weight excluding hydrogens is 282 g/mol. The fraction of sp³-hybridized carbons (Fsp3) is 0.125. The first kappa shape index (κ1) is 13.9. The second kappa shape index (κ2) is 6.17. The normalized spacial score (nSPS) is 10.4. The predicted molar refractivity (Wildman–Crippen MR) is 83.2 cm³/mol. The molecule has 0 bridgehead atoms. The van der Waals surface area contributed by atoms with Crippen LogP contribution in [0.5, 0.6) is 11.5 Å². The Hall–Kier alpha value is -3.02. The number of methoxy groups -OCH3 is 1. The maximum atomic E-state index is 12.0. The Morgan fingerprint density at radius 2 is 2.05 bits per heavy atom. The summed E-state index contributed by atoms with van der Waals surface area (Å²) < 4.78 is 10.6. The van der Waals surface area contributed by atoms with Gasteiger partial charge in [-0.1, -0.05) is 12.1 Å². The number of nitrogens with zero attached hydrogens (tertiary/aromatic N) is 1. The molecule has 3 aromatic rings. The lowest BCUT2D eigenvalue weighted by molar-refractivity contribution is -0.118. The number of anilines is 1. The van der Waals surface area contributed by atoms with Crippen molar-refractivity contribution in [2.45, 2.75) is 0 Å². The third-order valence-corrected chi connectivity index (χ3v) is 3.13. The highest BCUT2D eigenvalue weighted by Gasteiger charge is 2.08. The zero-order valence-electron chi connectivity index (χ0n) is 12.0. The summed E-state index contributed by atoms with van der Waals surface area (Å²) in [6.45, 7) is -0.0958. The fourth-order valence-corrected chi connectivity index (χ4v) is 2.09. The number of para-hydroxylation sites is 2. The van der Waals surface area contributed by atoms with Gasteiger partial charge in [0.05, 0.1) is 24.5 Å². The molecule has 0 fully saturated rings. The number of hydrogen-bond acceptors (Lipinski definition) is 4. The van der Waals surface area contributed by atoms with Crippen LogP contribution in [-0.4, -0.2) is 29.6 Å². The number of imidazole rings is 1. The summed E-state index contributed by atoms with van der Waals surface area (Å²) >= 11 is 0. The summed E-state index contributed by atoms with van der Waals surface area (Å²) in [5, 5.41) is 2.78. The molecule has 0 aliphatic rings. The van der Waals surface area contributed by atoms with E-state index in [4.69, 9.17) is 9.47 Å². The van der Waals surface area contributed by atoms with Gasteiger partial charge in [0.2, 0.25) is 0 Å². The number of amides is 1. The van der Waals surface area contributed by atoms with E-state index in [1.165, 1.54) is 0 Å². The highest BCUT2D eigenvalue weighted by molar-refractivity contribution is 5.93. The van der Waals surface area contributed by atoms with Gasteiger partial charge in [-0.2, -0.15) is 0 Å². The molecule has 112 valence electrons. The molecule has 2 N–H and O–H groups in total. The summed E-state index contributed by atoms with van der Waals surface area (Å²) in [5.74, 6) is 0.878. The van der Waals surface area contributed by atoms with Gasteiger partial charge in [-0.25, -0.2) is 4.98 Å². The van der Waals surface area contributed by atoms with Crippen LogP contribution >= 0.6 is 0 Å². The Morgan fingerprint density at radius 3 is 2.86 bits per heavy atom. The lowest BCUT2D eigenvalue weighted by atomic mass is 10.3. The maximum Gasteiger partial charge on any atom is 0.262 e. The number of carbonyl (C=O) groups excluding carboxylic acids is 1. The first-order valence-electron chi connectivity index (χ1n) is 6.75. The second-order valence-electron chi connectivity index (χ2n) is 4.62. The number of aromatic amines is 1. The van der Waals surface area contributed by atoms with E-state index in [9.17, 15) is 4.79 Å². The highest BCUT2D eigenvalue weighted by Crippen LogP contribution is 2.25. The molecule has 6 heteroatoms. The van der Waals surface area contributed by atoms with Gasteiger partial charge >= 0.3 is 0 Å². The Kier molecular flexibility index (Phi) is 3.91. The molecule has 1 heterocycles. The average Bonchev–Trinajstić information content (AvgIpc) is 3.01. The molecule has 0 spiro atoms. The number of nitrogens with one attached hydrogen (secondary N) is 2. The van der Waals surface area contributed by atoms with E-state index in [1.54, 1.807) is 31.6 Å². The number of carbonyl (C=O) groups is 1. The smallest absolute Gasteiger partial charge is 0.262 e. The highest BCUT2D eigenvalue weighted by atomic mass is 16.5. The molecule has 0 aliphatic heterocycles. The number of benzene rings is 2. The average molecular weight is 297 g/mol. The van der Waals surface area contributed by atoms with Crippen LogP contribution in [0.15, 0.2) is 48.8 Å². The van der Waals surface area contributed by atoms with Crippen LogP contribution < -0.4 is 14.8 Å². The SMILES string of the molecule is COc1ccccc1OCC(=O)Nc1ccc2nc[nH]c2c1. The van der Waals surface area contributed by atoms with Crippen molar-refractivity contribution in [2.75, 3.05) is 19.0 Å². The Labute approximate surface area is 127 Å². The van der Waals surface area contributed by atoms with Crippen molar-refractivity contribution < 1.29 is 14.3 Å². The molecule has 0 unspecified atom stereocenters. The van der Waals surface area contributed by atoms with Crippen LogP contribution in [0.1, 0.15) is 0 Å². The van der Waals surface area contributed by atoms with Crippen molar-refractivity contribution in [2.24, 2.45) is 0 Å². The summed E-state index contributed by atoms with van der Waals surface area (Å²) in [6, 6.07) is 12.6. The zero-order valence-corrected chi connectivity index (χ0v) is 12.0. The molecule has 0 saturated heterocycles. The van der Waals surface area contributed by atoms with Crippen molar-refractivity contribution in [1.29, 1.82) is 0 Å². The van der Waals surface area contributed by atoms with E-state index in [1.807, 2.05) is 24.3 Å². The predicted octanol–water partition coefficient (Wildman–Crippen LogP) is 2.59. The Balaban J connectivity index is 1.62. The van der Waals surface area contributed by atoms with Crippen LogP contribution in [0.2, 0.25) is 0 Å². The second-order valence-corrected chi connectivity index (χ2v) is 4.62. The molecule has 0 radical (unpaired) electrons.